The molecular weight excluding hydrogens is 249 g/mol. The molecule has 9 heteroatoms. The predicted octanol–water partition coefficient (Wildman–Crippen LogP) is 0.804. The Morgan fingerprint density at radius 1 is 1.56 bits per heavy atom. The smallest absolute Gasteiger partial charge is 0.370 e. The molecule has 0 unspecified atom stereocenters. The highest BCUT2D eigenvalue weighted by atomic mass is 19.4. The highest BCUT2D eigenvalue weighted by molar-refractivity contribution is 5.77. The van der Waals surface area contributed by atoms with E-state index in [1.807, 2.05) is 0 Å². The Balaban J connectivity index is 2.55. The van der Waals surface area contributed by atoms with Gasteiger partial charge >= 0.3 is 6.18 Å². The lowest BCUT2D eigenvalue weighted by Gasteiger charge is -2.03. The third-order valence-corrected chi connectivity index (χ3v) is 1.76. The van der Waals surface area contributed by atoms with Gasteiger partial charge in [0.25, 0.3) is 5.82 Å². The molecule has 0 fully saturated rings. The number of hydrogen-bond acceptors (Lipinski definition) is 3. The molecule has 0 aliphatic carbocycles. The van der Waals surface area contributed by atoms with Crippen LogP contribution in [0.1, 0.15) is 18.6 Å². The molecule has 0 aromatic carbocycles. The number of H-pyrrole nitrogens is 1. The zero-order valence-corrected chi connectivity index (χ0v) is 9.67. The van der Waals surface area contributed by atoms with Crippen molar-refractivity contribution in [1.29, 1.82) is 0 Å². The first-order chi connectivity index (χ1) is 8.29. The molecule has 1 aromatic rings. The zero-order valence-electron chi connectivity index (χ0n) is 9.67. The van der Waals surface area contributed by atoms with E-state index in [9.17, 15) is 13.2 Å². The number of guanidine groups is 1. The quantitative estimate of drug-likeness (QED) is 0.425. The number of nitrogens with zero attached hydrogens (tertiary/aromatic N) is 3. The molecule has 0 radical (unpaired) electrons. The van der Waals surface area contributed by atoms with Gasteiger partial charge in [0.1, 0.15) is 12.4 Å². The van der Waals surface area contributed by atoms with Gasteiger partial charge in [0.05, 0.1) is 0 Å². The van der Waals surface area contributed by atoms with E-state index in [-0.39, 0.29) is 18.3 Å². The molecule has 0 aliphatic rings. The summed E-state index contributed by atoms with van der Waals surface area (Å²) in [5.74, 6) is -1.13. The first-order valence-electron chi connectivity index (χ1n) is 4.95. The van der Waals surface area contributed by atoms with Gasteiger partial charge in [0, 0.05) is 6.54 Å². The largest absolute Gasteiger partial charge is 0.453 e. The third kappa shape index (κ3) is 4.44. The van der Waals surface area contributed by atoms with Gasteiger partial charge in [-0.05, 0) is 6.92 Å². The number of rotatable bonds is 4. The Hall–Kier alpha value is -2.06. The van der Waals surface area contributed by atoms with Crippen molar-refractivity contribution < 1.29 is 13.2 Å². The van der Waals surface area contributed by atoms with Crippen molar-refractivity contribution in [2.24, 2.45) is 10.7 Å². The maximum atomic E-state index is 12.2. The summed E-state index contributed by atoms with van der Waals surface area (Å²) < 4.78 is 36.5. The van der Waals surface area contributed by atoms with Crippen molar-refractivity contribution in [3.05, 3.63) is 23.8 Å². The monoisotopic (exact) mass is 262 g/mol. The second kappa shape index (κ2) is 5.52. The minimum absolute atomic E-state index is 0.0117. The van der Waals surface area contributed by atoms with Crippen LogP contribution in [0, 0.1) is 0 Å². The number of alkyl halides is 3. The molecule has 1 heterocycles. The van der Waals surface area contributed by atoms with Gasteiger partial charge < -0.3 is 11.1 Å². The number of hydrogen-bond donors (Lipinski definition) is 3. The zero-order chi connectivity index (χ0) is 13.8. The van der Waals surface area contributed by atoms with Crippen LogP contribution in [0.5, 0.6) is 0 Å². The summed E-state index contributed by atoms with van der Waals surface area (Å²) in [7, 11) is 0. The standard InChI is InChI=1S/C9H13F3N6/c1-5(2)3-14-8(13)15-4-6-16-7(18-17-6)9(10,11)12/h1,3-4H2,2H3,(H3,13,14,15)(H,16,17,18). The topological polar surface area (TPSA) is 92.0 Å². The third-order valence-electron chi connectivity index (χ3n) is 1.76. The van der Waals surface area contributed by atoms with Crippen molar-refractivity contribution in [2.45, 2.75) is 19.6 Å². The second-order valence-corrected chi connectivity index (χ2v) is 3.62. The SMILES string of the molecule is C=C(C)CNC(N)=NCc1nc(C(F)(F)F)n[nH]1. The molecule has 4 N–H and O–H groups in total. The molecule has 0 amide bonds. The fraction of sp³-hybridized carbons (Fsp3) is 0.444. The molecular formula is C9H13F3N6. The summed E-state index contributed by atoms with van der Waals surface area (Å²) in [5, 5.41) is 7.91. The van der Waals surface area contributed by atoms with Gasteiger partial charge in [-0.1, -0.05) is 12.2 Å². The summed E-state index contributed by atoms with van der Waals surface area (Å²) in [6, 6.07) is 0. The van der Waals surface area contributed by atoms with E-state index >= 15 is 0 Å². The normalized spacial score (nSPS) is 12.6. The van der Waals surface area contributed by atoms with Gasteiger partial charge in [-0.2, -0.15) is 13.2 Å². The number of nitrogens with one attached hydrogen (secondary N) is 2. The van der Waals surface area contributed by atoms with Crippen LogP contribution in [0.4, 0.5) is 13.2 Å². The van der Waals surface area contributed by atoms with Gasteiger partial charge in [0.2, 0.25) is 0 Å². The molecule has 0 bridgehead atoms. The summed E-state index contributed by atoms with van der Waals surface area (Å²) in [6.45, 7) is 5.78. The Morgan fingerprint density at radius 2 is 2.22 bits per heavy atom. The molecule has 0 saturated carbocycles. The lowest BCUT2D eigenvalue weighted by atomic mass is 10.3. The molecule has 1 aromatic heterocycles. The van der Waals surface area contributed by atoms with Crippen LogP contribution < -0.4 is 11.1 Å². The lowest BCUT2D eigenvalue weighted by Crippen LogP contribution is -2.32. The molecule has 1 rings (SSSR count). The molecule has 0 saturated heterocycles. The maximum Gasteiger partial charge on any atom is 0.453 e. The van der Waals surface area contributed by atoms with Crippen LogP contribution >= 0.6 is 0 Å². The van der Waals surface area contributed by atoms with E-state index in [4.69, 9.17) is 5.73 Å². The fourth-order valence-electron chi connectivity index (χ4n) is 0.950. The second-order valence-electron chi connectivity index (χ2n) is 3.62. The molecule has 6 nitrogen and oxygen atoms in total. The van der Waals surface area contributed by atoms with Crippen molar-refractivity contribution in [3.8, 4) is 0 Å². The highest BCUT2D eigenvalue weighted by Gasteiger charge is 2.35. The summed E-state index contributed by atoms with van der Waals surface area (Å²) in [5.41, 5.74) is 6.33. The van der Waals surface area contributed by atoms with Crippen LogP contribution in [0.2, 0.25) is 0 Å². The van der Waals surface area contributed by atoms with Crippen molar-refractivity contribution in [3.63, 3.8) is 0 Å². The first kappa shape index (κ1) is 14.0. The van der Waals surface area contributed by atoms with E-state index in [1.54, 1.807) is 6.92 Å². The molecule has 0 spiro atoms. The highest BCUT2D eigenvalue weighted by Crippen LogP contribution is 2.25. The fourth-order valence-corrected chi connectivity index (χ4v) is 0.950. The maximum absolute atomic E-state index is 12.2. The number of aromatic amines is 1. The number of aliphatic imine (C=N–C) groups is 1. The summed E-state index contributed by atoms with van der Waals surface area (Å²) >= 11 is 0. The molecule has 0 aliphatic heterocycles. The molecule has 18 heavy (non-hydrogen) atoms. The van der Waals surface area contributed by atoms with Gasteiger partial charge in [0.15, 0.2) is 5.96 Å². The Morgan fingerprint density at radius 3 is 2.72 bits per heavy atom. The van der Waals surface area contributed by atoms with Gasteiger partial charge in [-0.25, -0.2) is 9.98 Å². The average molecular weight is 262 g/mol. The predicted molar refractivity (Wildman–Crippen MR) is 59.5 cm³/mol. The molecule has 0 atom stereocenters. The lowest BCUT2D eigenvalue weighted by molar-refractivity contribution is -0.144. The first-order valence-corrected chi connectivity index (χ1v) is 4.95. The van der Waals surface area contributed by atoms with E-state index in [2.05, 4.69) is 32.1 Å². The van der Waals surface area contributed by atoms with E-state index in [0.29, 0.717) is 6.54 Å². The number of aromatic nitrogens is 3. The Bertz CT molecular complexity index is 447. The van der Waals surface area contributed by atoms with Crippen LogP contribution in [0.3, 0.4) is 0 Å². The van der Waals surface area contributed by atoms with E-state index < -0.39 is 12.0 Å². The van der Waals surface area contributed by atoms with Gasteiger partial charge in [-0.3, -0.25) is 5.10 Å². The van der Waals surface area contributed by atoms with Gasteiger partial charge in [-0.15, -0.1) is 5.10 Å². The average Bonchev–Trinajstić information content (AvgIpc) is 2.71. The Kier molecular flexibility index (Phi) is 4.29. The summed E-state index contributed by atoms with van der Waals surface area (Å²) in [6.07, 6.45) is -4.57. The minimum Gasteiger partial charge on any atom is -0.370 e. The number of nitrogens with two attached hydrogens (primary N) is 1. The van der Waals surface area contributed by atoms with Crippen LogP contribution in [-0.4, -0.2) is 27.7 Å². The van der Waals surface area contributed by atoms with Crippen LogP contribution in [0.15, 0.2) is 17.1 Å². The molecule has 100 valence electrons. The van der Waals surface area contributed by atoms with Crippen molar-refractivity contribution in [1.82, 2.24) is 20.5 Å². The number of halogens is 3. The van der Waals surface area contributed by atoms with Crippen LogP contribution in [0.25, 0.3) is 0 Å². The van der Waals surface area contributed by atoms with Crippen molar-refractivity contribution >= 4 is 5.96 Å². The Labute approximate surface area is 101 Å². The van der Waals surface area contributed by atoms with E-state index in [0.717, 1.165) is 5.57 Å². The van der Waals surface area contributed by atoms with Crippen molar-refractivity contribution in [2.75, 3.05) is 6.54 Å². The minimum atomic E-state index is -4.57. The van der Waals surface area contributed by atoms with E-state index in [1.165, 1.54) is 0 Å². The van der Waals surface area contributed by atoms with Crippen LogP contribution in [-0.2, 0) is 12.7 Å². The summed E-state index contributed by atoms with van der Waals surface area (Å²) in [4.78, 5) is 7.05.